The van der Waals surface area contributed by atoms with E-state index in [1.807, 2.05) is 58.9 Å². The molecule has 0 aliphatic rings. The number of benzene rings is 1. The fourth-order valence-corrected chi connectivity index (χ4v) is 2.54. The van der Waals surface area contributed by atoms with Crippen LogP contribution >= 0.6 is 0 Å². The first-order valence-electron chi connectivity index (χ1n) is 8.53. The van der Waals surface area contributed by atoms with Gasteiger partial charge in [0.25, 0.3) is 0 Å². The summed E-state index contributed by atoms with van der Waals surface area (Å²) in [5, 5.41) is 9.76. The summed E-state index contributed by atoms with van der Waals surface area (Å²) in [6.07, 6.45) is 0.683. The number of nitrogens with zero attached hydrogens (tertiary/aromatic N) is 1. The highest BCUT2D eigenvalue weighted by atomic mass is 16.5. The van der Waals surface area contributed by atoms with Crippen molar-refractivity contribution >= 4 is 6.03 Å². The van der Waals surface area contributed by atoms with Gasteiger partial charge < -0.3 is 19.9 Å². The second-order valence-corrected chi connectivity index (χ2v) is 6.55. The lowest BCUT2D eigenvalue weighted by molar-refractivity contribution is 0.223. The van der Waals surface area contributed by atoms with Gasteiger partial charge in [-0.05, 0) is 53.2 Å². The van der Waals surface area contributed by atoms with Crippen LogP contribution in [0.1, 0.15) is 36.4 Å². The van der Waals surface area contributed by atoms with Crippen molar-refractivity contribution in [1.82, 2.24) is 15.8 Å². The Morgan fingerprint density at radius 1 is 1.12 bits per heavy atom. The maximum Gasteiger partial charge on any atom is 0.315 e. The second-order valence-electron chi connectivity index (χ2n) is 6.55. The fraction of sp³-hybridized carbons (Fsp3) is 0.474. The van der Waals surface area contributed by atoms with Crippen LogP contribution in [0.4, 0.5) is 4.79 Å². The molecule has 0 aliphatic carbocycles. The standard InChI is InChI=1S/C19H27N3O3/c1-12-6-8-17(9-7-12)24-11-14(3)21-19(23)20-13(2)10-18-15(4)22-25-16(18)5/h6-9,13-14H,10-11H2,1-5H3,(H2,20,21,23)/t13-,14-/m1/s1. The molecule has 25 heavy (non-hydrogen) atoms. The summed E-state index contributed by atoms with van der Waals surface area (Å²) in [6, 6.07) is 7.50. The number of urea groups is 1. The Bertz CT molecular complexity index is 675. The number of hydrogen-bond acceptors (Lipinski definition) is 4. The number of aromatic nitrogens is 1. The maximum absolute atomic E-state index is 12.1. The third-order valence-corrected chi connectivity index (χ3v) is 3.97. The van der Waals surface area contributed by atoms with Gasteiger partial charge in [0.15, 0.2) is 0 Å². The Morgan fingerprint density at radius 2 is 1.76 bits per heavy atom. The molecule has 136 valence electrons. The zero-order valence-electron chi connectivity index (χ0n) is 15.6. The van der Waals surface area contributed by atoms with Crippen molar-refractivity contribution in [2.45, 2.75) is 53.1 Å². The van der Waals surface area contributed by atoms with Gasteiger partial charge in [0.2, 0.25) is 0 Å². The van der Waals surface area contributed by atoms with Gasteiger partial charge in [-0.1, -0.05) is 22.9 Å². The molecule has 0 unspecified atom stereocenters. The lowest BCUT2D eigenvalue weighted by atomic mass is 10.1. The van der Waals surface area contributed by atoms with Crippen LogP contribution in [-0.4, -0.2) is 29.9 Å². The molecule has 2 N–H and O–H groups in total. The highest BCUT2D eigenvalue weighted by Crippen LogP contribution is 2.14. The number of ether oxygens (including phenoxy) is 1. The largest absolute Gasteiger partial charge is 0.491 e. The van der Waals surface area contributed by atoms with Crippen molar-refractivity contribution in [3.05, 3.63) is 46.8 Å². The normalized spacial score (nSPS) is 13.2. The predicted molar refractivity (Wildman–Crippen MR) is 96.9 cm³/mol. The minimum atomic E-state index is -0.209. The summed E-state index contributed by atoms with van der Waals surface area (Å²) in [5.74, 6) is 1.60. The highest BCUT2D eigenvalue weighted by molar-refractivity contribution is 5.74. The smallest absolute Gasteiger partial charge is 0.315 e. The first-order chi connectivity index (χ1) is 11.8. The zero-order valence-corrected chi connectivity index (χ0v) is 15.6. The third-order valence-electron chi connectivity index (χ3n) is 3.97. The Balaban J connectivity index is 1.74. The van der Waals surface area contributed by atoms with E-state index in [-0.39, 0.29) is 18.1 Å². The van der Waals surface area contributed by atoms with Crippen LogP contribution in [0.5, 0.6) is 5.75 Å². The van der Waals surface area contributed by atoms with Crippen molar-refractivity contribution < 1.29 is 14.1 Å². The van der Waals surface area contributed by atoms with Crippen LogP contribution in [0, 0.1) is 20.8 Å². The molecule has 2 atom stereocenters. The van der Waals surface area contributed by atoms with Crippen LogP contribution in [0.25, 0.3) is 0 Å². The first kappa shape index (κ1) is 18.8. The molecule has 0 saturated carbocycles. The number of nitrogens with one attached hydrogen (secondary N) is 2. The number of rotatable bonds is 7. The number of hydrogen-bond donors (Lipinski definition) is 2. The van der Waals surface area contributed by atoms with Crippen LogP contribution in [0.2, 0.25) is 0 Å². The van der Waals surface area contributed by atoms with Gasteiger partial charge in [0.05, 0.1) is 11.7 Å². The Morgan fingerprint density at radius 3 is 2.36 bits per heavy atom. The Labute approximate surface area is 148 Å². The summed E-state index contributed by atoms with van der Waals surface area (Å²) in [5.41, 5.74) is 3.10. The van der Waals surface area contributed by atoms with Gasteiger partial charge in [0, 0.05) is 11.6 Å². The number of aryl methyl sites for hydroxylation is 3. The monoisotopic (exact) mass is 345 g/mol. The highest BCUT2D eigenvalue weighted by Gasteiger charge is 2.15. The van der Waals surface area contributed by atoms with E-state index in [0.29, 0.717) is 13.0 Å². The first-order valence-corrected chi connectivity index (χ1v) is 8.53. The molecule has 2 rings (SSSR count). The molecule has 6 nitrogen and oxygen atoms in total. The van der Waals surface area contributed by atoms with E-state index in [1.165, 1.54) is 5.56 Å². The maximum atomic E-state index is 12.1. The van der Waals surface area contributed by atoms with Crippen molar-refractivity contribution in [2.24, 2.45) is 0 Å². The van der Waals surface area contributed by atoms with Crippen LogP contribution < -0.4 is 15.4 Å². The summed E-state index contributed by atoms with van der Waals surface area (Å²) in [6.45, 7) is 10.1. The number of amides is 2. The molecule has 0 bridgehead atoms. The van der Waals surface area contributed by atoms with Crippen LogP contribution in [0.15, 0.2) is 28.8 Å². The minimum Gasteiger partial charge on any atom is -0.491 e. The molecule has 0 spiro atoms. The molecule has 6 heteroatoms. The van der Waals surface area contributed by atoms with E-state index in [2.05, 4.69) is 15.8 Å². The van der Waals surface area contributed by atoms with E-state index in [4.69, 9.17) is 9.26 Å². The topological polar surface area (TPSA) is 76.4 Å². The van der Waals surface area contributed by atoms with Crippen LogP contribution in [0.3, 0.4) is 0 Å². The molecule has 0 fully saturated rings. The van der Waals surface area contributed by atoms with Gasteiger partial charge >= 0.3 is 6.03 Å². The van der Waals surface area contributed by atoms with Crippen LogP contribution in [-0.2, 0) is 6.42 Å². The summed E-state index contributed by atoms with van der Waals surface area (Å²) in [7, 11) is 0. The van der Waals surface area contributed by atoms with Crippen molar-refractivity contribution in [3.8, 4) is 5.75 Å². The number of carbonyl (C=O) groups excluding carboxylic acids is 1. The van der Waals surface area contributed by atoms with Gasteiger partial charge in [0.1, 0.15) is 18.1 Å². The molecule has 2 aromatic rings. The lowest BCUT2D eigenvalue weighted by Gasteiger charge is -2.18. The summed E-state index contributed by atoms with van der Waals surface area (Å²) < 4.78 is 10.8. The molecule has 2 amide bonds. The predicted octanol–water partition coefficient (Wildman–Crippen LogP) is 3.30. The van der Waals surface area contributed by atoms with Gasteiger partial charge in [-0.25, -0.2) is 4.79 Å². The summed E-state index contributed by atoms with van der Waals surface area (Å²) in [4.78, 5) is 12.1. The molecular weight excluding hydrogens is 318 g/mol. The molecule has 1 aromatic heterocycles. The zero-order chi connectivity index (χ0) is 18.4. The van der Waals surface area contributed by atoms with E-state index in [9.17, 15) is 4.79 Å². The van der Waals surface area contributed by atoms with E-state index in [1.54, 1.807) is 0 Å². The van der Waals surface area contributed by atoms with E-state index >= 15 is 0 Å². The SMILES string of the molecule is Cc1ccc(OC[C@@H](C)NC(=O)N[C@H](C)Cc2c(C)noc2C)cc1. The van der Waals surface area contributed by atoms with E-state index < -0.39 is 0 Å². The second kappa shape index (κ2) is 8.55. The van der Waals surface area contributed by atoms with Crippen molar-refractivity contribution in [2.75, 3.05) is 6.61 Å². The average molecular weight is 345 g/mol. The minimum absolute atomic E-state index is 0.0259. The molecule has 1 aromatic carbocycles. The summed E-state index contributed by atoms with van der Waals surface area (Å²) >= 11 is 0. The number of carbonyl (C=O) groups is 1. The lowest BCUT2D eigenvalue weighted by Crippen LogP contribution is -2.46. The molecule has 0 saturated heterocycles. The van der Waals surface area contributed by atoms with Gasteiger partial charge in [-0.15, -0.1) is 0 Å². The van der Waals surface area contributed by atoms with Gasteiger partial charge in [-0.3, -0.25) is 0 Å². The average Bonchev–Trinajstić information content (AvgIpc) is 2.86. The Kier molecular flexibility index (Phi) is 6.44. The molecule has 0 aliphatic heterocycles. The van der Waals surface area contributed by atoms with E-state index in [0.717, 1.165) is 22.8 Å². The van der Waals surface area contributed by atoms with Crippen molar-refractivity contribution in [1.29, 1.82) is 0 Å². The quantitative estimate of drug-likeness (QED) is 0.807. The van der Waals surface area contributed by atoms with Crippen molar-refractivity contribution in [3.63, 3.8) is 0 Å². The molecule has 0 radical (unpaired) electrons. The third kappa shape index (κ3) is 5.81. The Hall–Kier alpha value is -2.50. The van der Waals surface area contributed by atoms with Gasteiger partial charge in [-0.2, -0.15) is 0 Å². The fourth-order valence-electron chi connectivity index (χ4n) is 2.54. The molecule has 1 heterocycles. The molecular formula is C19H27N3O3.